The van der Waals surface area contributed by atoms with Gasteiger partial charge in [0.25, 0.3) is 5.91 Å². The number of nitrogens with zero attached hydrogens (tertiary/aromatic N) is 2. The molecule has 0 N–H and O–H groups in total. The molecule has 4 rings (SSSR count). The zero-order valence-corrected chi connectivity index (χ0v) is 16.0. The minimum Gasteiger partial charge on any atom is -0.452 e. The molecule has 7 heteroatoms. The maximum absolute atomic E-state index is 13.2. The van der Waals surface area contributed by atoms with E-state index in [1.165, 1.54) is 18.2 Å². The monoisotopic (exact) mass is 398 g/mol. The van der Waals surface area contributed by atoms with Crippen LogP contribution < -0.4 is 0 Å². The van der Waals surface area contributed by atoms with E-state index in [2.05, 4.69) is 0 Å². The first kappa shape index (κ1) is 18.6. The van der Waals surface area contributed by atoms with E-state index >= 15 is 0 Å². The number of carbonyl (C=O) groups excluding carboxylic acids is 2. The van der Waals surface area contributed by atoms with Gasteiger partial charge in [-0.05, 0) is 43.2 Å². The summed E-state index contributed by atoms with van der Waals surface area (Å²) in [5.41, 5.74) is 1.08. The van der Waals surface area contributed by atoms with Gasteiger partial charge in [-0.1, -0.05) is 18.2 Å². The summed E-state index contributed by atoms with van der Waals surface area (Å²) in [7, 11) is 0. The molecule has 1 aliphatic rings. The van der Waals surface area contributed by atoms with Crippen LogP contribution in [0.4, 0.5) is 4.39 Å². The molecule has 5 nitrogen and oxygen atoms in total. The summed E-state index contributed by atoms with van der Waals surface area (Å²) in [5, 5.41) is 1.04. The SMILES string of the molecule is O=C(OCC(=O)N1CCC[C@H](c2nc3ccccc3s2)C1)c1cccc(F)c1. The lowest BCUT2D eigenvalue weighted by Gasteiger charge is -2.31. The Morgan fingerprint density at radius 3 is 2.89 bits per heavy atom. The highest BCUT2D eigenvalue weighted by atomic mass is 32.1. The van der Waals surface area contributed by atoms with Gasteiger partial charge in [-0.15, -0.1) is 11.3 Å². The number of ether oxygens (including phenoxy) is 1. The van der Waals surface area contributed by atoms with E-state index in [1.807, 2.05) is 24.3 Å². The zero-order valence-electron chi connectivity index (χ0n) is 15.1. The Labute approximate surface area is 165 Å². The summed E-state index contributed by atoms with van der Waals surface area (Å²) < 4.78 is 19.4. The average molecular weight is 398 g/mol. The molecule has 3 aromatic rings. The highest BCUT2D eigenvalue weighted by Crippen LogP contribution is 2.32. The lowest BCUT2D eigenvalue weighted by molar-refractivity contribution is -0.135. The van der Waals surface area contributed by atoms with Crippen molar-refractivity contribution in [2.24, 2.45) is 0 Å². The molecule has 144 valence electrons. The molecule has 1 aromatic heterocycles. The molecular weight excluding hydrogens is 379 g/mol. The standard InChI is InChI=1S/C21H19FN2O3S/c22-16-7-3-5-14(11-16)21(26)27-13-19(25)24-10-4-6-15(12-24)20-23-17-8-1-2-9-18(17)28-20/h1-3,5,7-9,11,15H,4,6,10,12-13H2/t15-/m0/s1. The second-order valence-corrected chi connectivity index (χ2v) is 7.85. The highest BCUT2D eigenvalue weighted by Gasteiger charge is 2.27. The van der Waals surface area contributed by atoms with Crippen LogP contribution in [0.5, 0.6) is 0 Å². The molecule has 28 heavy (non-hydrogen) atoms. The first-order chi connectivity index (χ1) is 13.6. The van der Waals surface area contributed by atoms with Crippen molar-refractivity contribution in [1.82, 2.24) is 9.88 Å². The number of carbonyl (C=O) groups is 2. The lowest BCUT2D eigenvalue weighted by Crippen LogP contribution is -2.41. The first-order valence-electron chi connectivity index (χ1n) is 9.16. The summed E-state index contributed by atoms with van der Waals surface area (Å²) >= 11 is 1.66. The minimum absolute atomic E-state index is 0.0961. The summed E-state index contributed by atoms with van der Waals surface area (Å²) in [5.74, 6) is -1.27. The number of rotatable bonds is 4. The van der Waals surface area contributed by atoms with Gasteiger partial charge in [0.15, 0.2) is 6.61 Å². The van der Waals surface area contributed by atoms with Crippen molar-refractivity contribution >= 4 is 33.4 Å². The van der Waals surface area contributed by atoms with E-state index in [0.29, 0.717) is 13.1 Å². The summed E-state index contributed by atoms with van der Waals surface area (Å²) in [6.07, 6.45) is 1.86. The maximum atomic E-state index is 13.2. The predicted molar refractivity (Wildman–Crippen MR) is 105 cm³/mol. The fraction of sp³-hybridized carbons (Fsp3) is 0.286. The molecular formula is C21H19FN2O3S. The Morgan fingerprint density at radius 2 is 2.07 bits per heavy atom. The molecule has 2 heterocycles. The quantitative estimate of drug-likeness (QED) is 0.624. The molecule has 1 fully saturated rings. The molecule has 0 saturated carbocycles. The van der Waals surface area contributed by atoms with Crippen LogP contribution in [0.3, 0.4) is 0 Å². The fourth-order valence-electron chi connectivity index (χ4n) is 3.39. The number of halogens is 1. The van der Waals surface area contributed by atoms with Crippen molar-refractivity contribution in [3.8, 4) is 0 Å². The van der Waals surface area contributed by atoms with E-state index in [0.717, 1.165) is 34.1 Å². The molecule has 2 aromatic carbocycles. The van der Waals surface area contributed by atoms with Gasteiger partial charge in [-0.3, -0.25) is 4.79 Å². The van der Waals surface area contributed by atoms with Crippen LogP contribution in [0.15, 0.2) is 48.5 Å². The van der Waals surface area contributed by atoms with Gasteiger partial charge in [-0.25, -0.2) is 14.2 Å². The normalized spacial score (nSPS) is 16.9. The van der Waals surface area contributed by atoms with Gasteiger partial charge in [0, 0.05) is 19.0 Å². The van der Waals surface area contributed by atoms with Gasteiger partial charge in [-0.2, -0.15) is 0 Å². The molecule has 1 atom stereocenters. The first-order valence-corrected chi connectivity index (χ1v) is 9.98. The van der Waals surface area contributed by atoms with Crippen molar-refractivity contribution in [3.05, 3.63) is 64.9 Å². The van der Waals surface area contributed by atoms with Crippen LogP contribution >= 0.6 is 11.3 Å². The van der Waals surface area contributed by atoms with Crippen LogP contribution in [0.1, 0.15) is 34.1 Å². The molecule has 0 unspecified atom stereocenters. The molecule has 0 aliphatic carbocycles. The third-order valence-corrected chi connectivity index (χ3v) is 6.02. The fourth-order valence-corrected chi connectivity index (χ4v) is 4.48. The Hall–Kier alpha value is -2.80. The third kappa shape index (κ3) is 4.04. The number of benzene rings is 2. The van der Waals surface area contributed by atoms with Gasteiger partial charge in [0.05, 0.1) is 20.8 Å². The van der Waals surface area contributed by atoms with E-state index in [1.54, 1.807) is 16.2 Å². The molecule has 0 spiro atoms. The Morgan fingerprint density at radius 1 is 1.21 bits per heavy atom. The Bertz CT molecular complexity index is 987. The van der Waals surface area contributed by atoms with Crippen LogP contribution in [0, 0.1) is 5.82 Å². The molecule has 0 bridgehead atoms. The van der Waals surface area contributed by atoms with Crippen molar-refractivity contribution in [2.75, 3.05) is 19.7 Å². The molecule has 1 aliphatic heterocycles. The molecule has 1 saturated heterocycles. The number of fused-ring (bicyclic) bond motifs is 1. The van der Waals surface area contributed by atoms with Gasteiger partial charge in [0.1, 0.15) is 5.82 Å². The van der Waals surface area contributed by atoms with E-state index in [-0.39, 0.29) is 24.0 Å². The summed E-state index contributed by atoms with van der Waals surface area (Å²) in [6, 6.07) is 13.2. The largest absolute Gasteiger partial charge is 0.452 e. The number of esters is 1. The lowest BCUT2D eigenvalue weighted by atomic mass is 9.99. The summed E-state index contributed by atoms with van der Waals surface area (Å²) in [4.78, 5) is 30.9. The van der Waals surface area contributed by atoms with Gasteiger partial charge in [0.2, 0.25) is 0 Å². The Kier molecular flexibility index (Phi) is 5.34. The number of hydrogen-bond donors (Lipinski definition) is 0. The second-order valence-electron chi connectivity index (χ2n) is 6.79. The number of likely N-dealkylation sites (tertiary alicyclic amines) is 1. The van der Waals surface area contributed by atoms with Gasteiger partial charge < -0.3 is 9.64 Å². The van der Waals surface area contributed by atoms with Crippen LogP contribution in [0.2, 0.25) is 0 Å². The maximum Gasteiger partial charge on any atom is 0.338 e. The van der Waals surface area contributed by atoms with Crippen molar-refractivity contribution < 1.29 is 18.7 Å². The van der Waals surface area contributed by atoms with Crippen LogP contribution in [0.25, 0.3) is 10.2 Å². The number of thiazole rings is 1. The van der Waals surface area contributed by atoms with Crippen LogP contribution in [-0.4, -0.2) is 41.5 Å². The van der Waals surface area contributed by atoms with Gasteiger partial charge >= 0.3 is 5.97 Å². The summed E-state index contributed by atoms with van der Waals surface area (Å²) in [6.45, 7) is 0.857. The topological polar surface area (TPSA) is 59.5 Å². The average Bonchev–Trinajstić information content (AvgIpc) is 3.16. The van der Waals surface area contributed by atoms with Crippen molar-refractivity contribution in [2.45, 2.75) is 18.8 Å². The molecule has 1 amide bonds. The third-order valence-electron chi connectivity index (χ3n) is 4.82. The molecule has 0 radical (unpaired) electrons. The van der Waals surface area contributed by atoms with Crippen LogP contribution in [-0.2, 0) is 9.53 Å². The van der Waals surface area contributed by atoms with Crippen molar-refractivity contribution in [3.63, 3.8) is 0 Å². The van der Waals surface area contributed by atoms with E-state index in [9.17, 15) is 14.0 Å². The predicted octanol–water partition coefficient (Wildman–Crippen LogP) is 4.00. The van der Waals surface area contributed by atoms with Crippen molar-refractivity contribution in [1.29, 1.82) is 0 Å². The second kappa shape index (κ2) is 8.06. The minimum atomic E-state index is -0.701. The van der Waals surface area contributed by atoms with E-state index < -0.39 is 11.8 Å². The number of amides is 1. The number of hydrogen-bond acceptors (Lipinski definition) is 5. The number of piperidine rings is 1. The number of aromatic nitrogens is 1. The number of para-hydroxylation sites is 1. The van der Waals surface area contributed by atoms with E-state index in [4.69, 9.17) is 9.72 Å². The Balaban J connectivity index is 1.37. The zero-order chi connectivity index (χ0) is 19.5. The highest BCUT2D eigenvalue weighted by molar-refractivity contribution is 7.18. The smallest absolute Gasteiger partial charge is 0.338 e.